The molecule has 0 saturated carbocycles. The van der Waals surface area contributed by atoms with Crippen molar-refractivity contribution in [3.63, 3.8) is 0 Å². The fourth-order valence-corrected chi connectivity index (χ4v) is 1.19. The van der Waals surface area contributed by atoms with E-state index in [9.17, 15) is 4.79 Å². The zero-order valence-electron chi connectivity index (χ0n) is 7.38. The van der Waals surface area contributed by atoms with Crippen LogP contribution in [0.4, 0.5) is 0 Å². The molecule has 0 bridgehead atoms. The molecule has 66 valence electrons. The molecule has 0 aromatic heterocycles. The number of allylic oxidation sites excluding steroid dienone is 4. The summed E-state index contributed by atoms with van der Waals surface area (Å²) in [5.74, 6) is 0.564. The van der Waals surface area contributed by atoms with Crippen LogP contribution in [-0.2, 0) is 9.53 Å². The molecule has 0 atom stereocenters. The first-order valence-electron chi connectivity index (χ1n) is 4.33. The molecule has 0 heterocycles. The van der Waals surface area contributed by atoms with Gasteiger partial charge in [0.2, 0.25) is 0 Å². The topological polar surface area (TPSA) is 26.3 Å². The van der Waals surface area contributed by atoms with Gasteiger partial charge < -0.3 is 4.74 Å². The van der Waals surface area contributed by atoms with E-state index in [-0.39, 0.29) is 5.97 Å². The minimum absolute atomic E-state index is 0.227. The molecule has 0 fully saturated rings. The summed E-state index contributed by atoms with van der Waals surface area (Å²) in [6, 6.07) is 0. The summed E-state index contributed by atoms with van der Waals surface area (Å²) >= 11 is 0. The van der Waals surface area contributed by atoms with Crippen molar-refractivity contribution >= 4 is 5.97 Å². The van der Waals surface area contributed by atoms with Gasteiger partial charge in [-0.3, -0.25) is 4.79 Å². The molecule has 0 saturated heterocycles. The Balaban J connectivity index is 2.52. The Hall–Kier alpha value is -1.05. The molecule has 0 spiro atoms. The lowest BCUT2D eigenvalue weighted by molar-refractivity contribution is -0.137. The Bertz CT molecular complexity index is 214. The van der Waals surface area contributed by atoms with E-state index in [2.05, 4.69) is 6.08 Å². The van der Waals surface area contributed by atoms with E-state index < -0.39 is 0 Å². The zero-order chi connectivity index (χ0) is 8.81. The van der Waals surface area contributed by atoms with E-state index >= 15 is 0 Å². The summed E-state index contributed by atoms with van der Waals surface area (Å²) in [7, 11) is 0. The van der Waals surface area contributed by atoms with Gasteiger partial charge in [-0.1, -0.05) is 12.2 Å². The summed E-state index contributed by atoms with van der Waals surface area (Å²) in [5.41, 5.74) is 0. The number of ether oxygens (including phenoxy) is 1. The lowest BCUT2D eigenvalue weighted by Crippen LogP contribution is -1.99. The molecular formula is C10H14O2. The highest BCUT2D eigenvalue weighted by molar-refractivity contribution is 5.67. The molecule has 2 heteroatoms. The van der Waals surface area contributed by atoms with Crippen molar-refractivity contribution in [2.24, 2.45) is 0 Å². The Morgan fingerprint density at radius 1 is 1.50 bits per heavy atom. The second-order valence-electron chi connectivity index (χ2n) is 2.90. The predicted molar refractivity (Wildman–Crippen MR) is 47.5 cm³/mol. The highest BCUT2D eigenvalue weighted by Gasteiger charge is 2.02. The van der Waals surface area contributed by atoms with Crippen LogP contribution in [0.25, 0.3) is 0 Å². The number of rotatable bonds is 1. The summed E-state index contributed by atoms with van der Waals surface area (Å²) in [5, 5.41) is 0. The zero-order valence-corrected chi connectivity index (χ0v) is 7.38. The monoisotopic (exact) mass is 166 g/mol. The van der Waals surface area contributed by atoms with E-state index in [1.807, 2.05) is 12.2 Å². The van der Waals surface area contributed by atoms with Gasteiger partial charge >= 0.3 is 5.97 Å². The molecule has 0 radical (unpaired) electrons. The molecule has 0 aliphatic heterocycles. The summed E-state index contributed by atoms with van der Waals surface area (Å²) < 4.78 is 5.00. The Labute approximate surface area is 72.9 Å². The molecule has 0 N–H and O–H groups in total. The fraction of sp³-hybridized carbons (Fsp3) is 0.500. The van der Waals surface area contributed by atoms with E-state index in [0.29, 0.717) is 0 Å². The second-order valence-corrected chi connectivity index (χ2v) is 2.90. The third-order valence-corrected chi connectivity index (χ3v) is 1.74. The highest BCUT2D eigenvalue weighted by atomic mass is 16.5. The van der Waals surface area contributed by atoms with Crippen molar-refractivity contribution in [2.45, 2.75) is 32.6 Å². The van der Waals surface area contributed by atoms with Crippen LogP contribution in [-0.4, -0.2) is 5.97 Å². The number of hydrogen-bond donors (Lipinski definition) is 0. The van der Waals surface area contributed by atoms with Crippen molar-refractivity contribution in [3.8, 4) is 0 Å². The van der Waals surface area contributed by atoms with Gasteiger partial charge in [-0.2, -0.15) is 0 Å². The van der Waals surface area contributed by atoms with Crippen molar-refractivity contribution < 1.29 is 9.53 Å². The smallest absolute Gasteiger partial charge is 0.307 e. The first-order valence-corrected chi connectivity index (χ1v) is 4.33. The van der Waals surface area contributed by atoms with Crippen LogP contribution in [0.2, 0.25) is 0 Å². The van der Waals surface area contributed by atoms with Crippen molar-refractivity contribution in [2.75, 3.05) is 0 Å². The molecule has 12 heavy (non-hydrogen) atoms. The normalized spacial score (nSPS) is 24.6. The molecule has 0 unspecified atom stereocenters. The van der Waals surface area contributed by atoms with Gasteiger partial charge in [0.25, 0.3) is 0 Å². The average Bonchev–Trinajstić information content (AvgIpc) is 1.93. The van der Waals surface area contributed by atoms with Gasteiger partial charge in [-0.25, -0.2) is 0 Å². The van der Waals surface area contributed by atoms with Gasteiger partial charge in [0, 0.05) is 13.3 Å². The van der Waals surface area contributed by atoms with Crippen LogP contribution in [0.1, 0.15) is 32.6 Å². The molecule has 0 aromatic carbocycles. The van der Waals surface area contributed by atoms with E-state index in [1.165, 1.54) is 13.3 Å². The third-order valence-electron chi connectivity index (χ3n) is 1.74. The van der Waals surface area contributed by atoms with E-state index in [1.54, 1.807) is 0 Å². The van der Waals surface area contributed by atoms with Gasteiger partial charge in [0.05, 0.1) is 0 Å². The Kier molecular flexibility index (Phi) is 3.58. The molecule has 1 aliphatic carbocycles. The first-order chi connectivity index (χ1) is 5.79. The molecule has 1 rings (SSSR count). The standard InChI is InChI=1S/C10H14O2/c1-9(11)12-10-7-5-3-2-4-6-8-10/h3,5,7H,2,4,6,8H2,1H3/b5-3-,10-7+. The van der Waals surface area contributed by atoms with E-state index in [4.69, 9.17) is 4.74 Å². The van der Waals surface area contributed by atoms with Crippen molar-refractivity contribution in [1.82, 2.24) is 0 Å². The number of carbonyl (C=O) groups excluding carboxylic acids is 1. The molecule has 2 nitrogen and oxygen atoms in total. The highest BCUT2D eigenvalue weighted by Crippen LogP contribution is 2.13. The fourth-order valence-electron chi connectivity index (χ4n) is 1.19. The number of hydrogen-bond acceptors (Lipinski definition) is 2. The quantitative estimate of drug-likeness (QED) is 0.559. The van der Waals surface area contributed by atoms with E-state index in [0.717, 1.165) is 25.0 Å². The SMILES string of the molecule is CC(=O)O/C1=C/C=C\CCCC1. The Morgan fingerprint density at radius 2 is 2.33 bits per heavy atom. The maximum Gasteiger partial charge on any atom is 0.307 e. The van der Waals surface area contributed by atoms with Crippen LogP contribution in [0.15, 0.2) is 24.0 Å². The summed E-state index contributed by atoms with van der Waals surface area (Å²) in [4.78, 5) is 10.6. The summed E-state index contributed by atoms with van der Waals surface area (Å²) in [6.07, 6.45) is 10.2. The molecule has 0 aromatic rings. The van der Waals surface area contributed by atoms with Crippen LogP contribution < -0.4 is 0 Å². The third kappa shape index (κ3) is 3.37. The lowest BCUT2D eigenvalue weighted by atomic mass is 10.1. The maximum absolute atomic E-state index is 10.6. The average molecular weight is 166 g/mol. The van der Waals surface area contributed by atoms with Gasteiger partial charge in [-0.15, -0.1) is 0 Å². The molecule has 0 amide bonds. The molecular weight excluding hydrogens is 152 g/mol. The predicted octanol–water partition coefficient (Wildman–Crippen LogP) is 2.56. The number of esters is 1. The van der Waals surface area contributed by atoms with Gasteiger partial charge in [-0.05, 0) is 25.3 Å². The van der Waals surface area contributed by atoms with Crippen LogP contribution in [0, 0.1) is 0 Å². The maximum atomic E-state index is 10.6. The lowest BCUT2D eigenvalue weighted by Gasteiger charge is -2.07. The number of carbonyl (C=O) groups is 1. The molecule has 1 aliphatic rings. The van der Waals surface area contributed by atoms with Crippen molar-refractivity contribution in [1.29, 1.82) is 0 Å². The minimum Gasteiger partial charge on any atom is -0.431 e. The first kappa shape index (κ1) is 9.04. The van der Waals surface area contributed by atoms with Crippen LogP contribution in [0.3, 0.4) is 0 Å². The minimum atomic E-state index is -0.227. The Morgan fingerprint density at radius 3 is 3.08 bits per heavy atom. The largest absolute Gasteiger partial charge is 0.431 e. The van der Waals surface area contributed by atoms with Crippen molar-refractivity contribution in [3.05, 3.63) is 24.0 Å². The van der Waals surface area contributed by atoms with Gasteiger partial charge in [0.15, 0.2) is 0 Å². The van der Waals surface area contributed by atoms with Crippen LogP contribution >= 0.6 is 0 Å². The van der Waals surface area contributed by atoms with Gasteiger partial charge in [0.1, 0.15) is 5.76 Å². The summed E-state index contributed by atoms with van der Waals surface area (Å²) in [6.45, 7) is 1.43. The van der Waals surface area contributed by atoms with Crippen LogP contribution in [0.5, 0.6) is 0 Å². The second kappa shape index (κ2) is 4.75.